The Morgan fingerprint density at radius 1 is 1.25 bits per heavy atom. The summed E-state index contributed by atoms with van der Waals surface area (Å²) >= 11 is 0. The number of hydrogen-bond acceptors (Lipinski definition) is 2. The largest absolute Gasteiger partial charge is 0.490 e. The number of amides is 1. The van der Waals surface area contributed by atoms with Crippen molar-refractivity contribution in [1.82, 2.24) is 4.90 Å². The van der Waals surface area contributed by atoms with Gasteiger partial charge < -0.3 is 14.7 Å². The molecular formula is C17H22F3NO3. The molecule has 2 rings (SSSR count). The van der Waals surface area contributed by atoms with E-state index in [1.54, 1.807) is 0 Å². The summed E-state index contributed by atoms with van der Waals surface area (Å²) in [5.41, 5.74) is -1.29. The van der Waals surface area contributed by atoms with Crippen molar-refractivity contribution in [1.29, 1.82) is 0 Å². The number of ether oxygens (including phenoxy) is 1. The summed E-state index contributed by atoms with van der Waals surface area (Å²) in [6, 6.07) is 4.57. The quantitative estimate of drug-likeness (QED) is 0.857. The Morgan fingerprint density at radius 3 is 2.46 bits per heavy atom. The van der Waals surface area contributed by atoms with Crippen molar-refractivity contribution in [3.8, 4) is 5.75 Å². The molecule has 1 aliphatic rings. The van der Waals surface area contributed by atoms with Crippen LogP contribution in [0.3, 0.4) is 0 Å². The third-order valence-electron chi connectivity index (χ3n) is 4.11. The van der Waals surface area contributed by atoms with E-state index >= 15 is 0 Å². The first-order valence-electron chi connectivity index (χ1n) is 7.84. The van der Waals surface area contributed by atoms with Gasteiger partial charge in [0.15, 0.2) is 0 Å². The molecule has 0 bridgehead atoms. The van der Waals surface area contributed by atoms with Gasteiger partial charge >= 0.3 is 12.3 Å². The van der Waals surface area contributed by atoms with E-state index in [-0.39, 0.29) is 17.9 Å². The fourth-order valence-corrected chi connectivity index (χ4v) is 3.19. The van der Waals surface area contributed by atoms with Crippen LogP contribution in [0.4, 0.5) is 18.0 Å². The minimum absolute atomic E-state index is 0.160. The lowest BCUT2D eigenvalue weighted by Gasteiger charge is -2.38. The highest BCUT2D eigenvalue weighted by Gasteiger charge is 2.39. The van der Waals surface area contributed by atoms with E-state index in [1.165, 1.54) is 17.0 Å². The summed E-state index contributed by atoms with van der Waals surface area (Å²) in [5.74, 6) is 0.160. The van der Waals surface area contributed by atoms with Gasteiger partial charge in [0.1, 0.15) is 11.9 Å². The van der Waals surface area contributed by atoms with E-state index in [1.807, 2.05) is 20.8 Å². The second-order valence-electron chi connectivity index (χ2n) is 7.06. The fraction of sp³-hybridized carbons (Fsp3) is 0.588. The Balaban J connectivity index is 2.05. The Labute approximate surface area is 139 Å². The summed E-state index contributed by atoms with van der Waals surface area (Å²) in [5, 5.41) is 9.43. The number of carboxylic acid groups (broad SMARTS) is 1. The first kappa shape index (κ1) is 18.4. The van der Waals surface area contributed by atoms with Crippen LogP contribution in [-0.2, 0) is 6.18 Å². The van der Waals surface area contributed by atoms with Gasteiger partial charge in [0.05, 0.1) is 5.56 Å². The van der Waals surface area contributed by atoms with E-state index in [4.69, 9.17) is 4.74 Å². The zero-order valence-corrected chi connectivity index (χ0v) is 13.9. The molecule has 0 heterocycles. The predicted molar refractivity (Wildman–Crippen MR) is 83.1 cm³/mol. The fourth-order valence-electron chi connectivity index (χ4n) is 3.19. The molecule has 2 atom stereocenters. The van der Waals surface area contributed by atoms with Crippen LogP contribution in [-0.4, -0.2) is 33.8 Å². The number of alkyl halides is 3. The lowest BCUT2D eigenvalue weighted by Crippen LogP contribution is -2.50. The summed E-state index contributed by atoms with van der Waals surface area (Å²) in [6.07, 6.45) is -3.98. The minimum Gasteiger partial charge on any atom is -0.490 e. The molecule has 4 nitrogen and oxygen atoms in total. The van der Waals surface area contributed by atoms with E-state index in [2.05, 4.69) is 0 Å². The molecule has 7 heteroatoms. The third-order valence-corrected chi connectivity index (χ3v) is 4.11. The number of rotatable bonds is 3. The van der Waals surface area contributed by atoms with E-state index in [0.717, 1.165) is 12.1 Å². The van der Waals surface area contributed by atoms with Crippen LogP contribution >= 0.6 is 0 Å². The number of carbonyl (C=O) groups is 1. The average molecular weight is 345 g/mol. The molecule has 0 unspecified atom stereocenters. The first-order chi connectivity index (χ1) is 11.0. The highest BCUT2D eigenvalue weighted by Crippen LogP contribution is 2.34. The molecule has 1 amide bonds. The molecule has 0 aliphatic heterocycles. The second kappa shape index (κ2) is 6.53. The highest BCUT2D eigenvalue weighted by molar-refractivity contribution is 5.66. The minimum atomic E-state index is -4.41. The smallest absolute Gasteiger partial charge is 0.416 e. The third kappa shape index (κ3) is 4.33. The van der Waals surface area contributed by atoms with Gasteiger partial charge in [-0.25, -0.2) is 4.79 Å². The van der Waals surface area contributed by atoms with Gasteiger partial charge in [-0.05, 0) is 51.8 Å². The van der Waals surface area contributed by atoms with Crippen molar-refractivity contribution in [2.75, 3.05) is 0 Å². The van der Waals surface area contributed by atoms with Crippen LogP contribution in [0, 0.1) is 0 Å². The topological polar surface area (TPSA) is 49.8 Å². The zero-order valence-electron chi connectivity index (χ0n) is 13.9. The summed E-state index contributed by atoms with van der Waals surface area (Å²) in [4.78, 5) is 12.9. The Bertz CT molecular complexity index is 595. The van der Waals surface area contributed by atoms with Gasteiger partial charge in [-0.2, -0.15) is 13.2 Å². The molecule has 0 saturated heterocycles. The molecule has 1 fully saturated rings. The monoisotopic (exact) mass is 345 g/mol. The van der Waals surface area contributed by atoms with Crippen molar-refractivity contribution in [2.45, 2.75) is 63.9 Å². The zero-order chi connectivity index (χ0) is 18.1. The molecule has 1 saturated carbocycles. The lowest BCUT2D eigenvalue weighted by molar-refractivity contribution is -0.137. The number of nitrogens with zero attached hydrogens (tertiary/aromatic N) is 1. The molecule has 1 aromatic carbocycles. The van der Waals surface area contributed by atoms with E-state index < -0.39 is 23.4 Å². The molecule has 24 heavy (non-hydrogen) atoms. The van der Waals surface area contributed by atoms with Crippen LogP contribution in [0.25, 0.3) is 0 Å². The second-order valence-corrected chi connectivity index (χ2v) is 7.06. The van der Waals surface area contributed by atoms with Crippen molar-refractivity contribution >= 4 is 6.09 Å². The summed E-state index contributed by atoms with van der Waals surface area (Å²) in [6.45, 7) is 5.46. The van der Waals surface area contributed by atoms with Gasteiger partial charge in [-0.1, -0.05) is 6.07 Å². The normalized spacial score (nSPS) is 21.6. The maximum absolute atomic E-state index is 12.7. The van der Waals surface area contributed by atoms with E-state index in [0.29, 0.717) is 19.3 Å². The Hall–Kier alpha value is -1.92. The van der Waals surface area contributed by atoms with E-state index in [9.17, 15) is 23.1 Å². The maximum atomic E-state index is 12.7. The van der Waals surface area contributed by atoms with Crippen molar-refractivity contribution in [2.24, 2.45) is 0 Å². The van der Waals surface area contributed by atoms with Crippen LogP contribution in [0.5, 0.6) is 5.75 Å². The number of hydrogen-bond donors (Lipinski definition) is 1. The molecule has 0 aromatic heterocycles. The van der Waals surface area contributed by atoms with Gasteiger partial charge in [0.2, 0.25) is 0 Å². The van der Waals surface area contributed by atoms with Gasteiger partial charge in [0, 0.05) is 18.0 Å². The number of benzene rings is 1. The van der Waals surface area contributed by atoms with Crippen molar-refractivity contribution in [3.63, 3.8) is 0 Å². The first-order valence-corrected chi connectivity index (χ1v) is 7.84. The molecule has 134 valence electrons. The highest BCUT2D eigenvalue weighted by atomic mass is 19.4. The van der Waals surface area contributed by atoms with Gasteiger partial charge in [-0.15, -0.1) is 0 Å². The Morgan fingerprint density at radius 2 is 1.92 bits per heavy atom. The molecule has 1 aromatic rings. The van der Waals surface area contributed by atoms with Crippen LogP contribution in [0.2, 0.25) is 0 Å². The van der Waals surface area contributed by atoms with Crippen LogP contribution < -0.4 is 4.74 Å². The lowest BCUT2D eigenvalue weighted by atomic mass is 10.0. The molecular weight excluding hydrogens is 323 g/mol. The van der Waals surface area contributed by atoms with Crippen molar-refractivity contribution in [3.05, 3.63) is 29.8 Å². The van der Waals surface area contributed by atoms with Crippen LogP contribution in [0.15, 0.2) is 24.3 Å². The molecule has 1 aliphatic carbocycles. The standard InChI is InChI=1S/C17H22F3NO3/c1-16(2,3)21(15(22)23)12-7-8-14(10-12)24-13-6-4-5-11(9-13)17(18,19)20/h4-6,9,12,14H,7-8,10H2,1-3H3,(H,22,23)/t12-,14-/m1/s1. The predicted octanol–water partition coefficient (Wildman–Crippen LogP) is 4.78. The molecule has 0 spiro atoms. The Kier molecular flexibility index (Phi) is 5.01. The van der Waals surface area contributed by atoms with Gasteiger partial charge in [-0.3, -0.25) is 0 Å². The summed E-state index contributed by atoms with van der Waals surface area (Å²) < 4.78 is 43.9. The molecule has 0 radical (unpaired) electrons. The number of halogens is 3. The molecule has 1 N–H and O–H groups in total. The van der Waals surface area contributed by atoms with Gasteiger partial charge in [0.25, 0.3) is 0 Å². The average Bonchev–Trinajstić information content (AvgIpc) is 2.83. The maximum Gasteiger partial charge on any atom is 0.416 e. The van der Waals surface area contributed by atoms with Crippen LogP contribution in [0.1, 0.15) is 45.6 Å². The summed E-state index contributed by atoms with van der Waals surface area (Å²) in [7, 11) is 0. The SMILES string of the molecule is CC(C)(C)N(C(=O)O)[C@@H]1CC[C@@H](Oc2cccc(C(F)(F)F)c2)C1. The van der Waals surface area contributed by atoms with Crippen molar-refractivity contribution < 1.29 is 27.8 Å².